The van der Waals surface area contributed by atoms with Crippen LogP contribution in [-0.4, -0.2) is 16.9 Å². The molecule has 1 aromatic heterocycles. The minimum absolute atomic E-state index is 0.0800. The van der Waals surface area contributed by atoms with Crippen molar-refractivity contribution >= 4 is 0 Å². The van der Waals surface area contributed by atoms with Gasteiger partial charge in [-0.1, -0.05) is 0 Å². The molecule has 0 fully saturated rings. The molecule has 19 heavy (non-hydrogen) atoms. The minimum atomic E-state index is -0.0800. The van der Waals surface area contributed by atoms with Gasteiger partial charge in [0.15, 0.2) is 0 Å². The Hall–Kier alpha value is -2.01. The maximum Gasteiger partial charge on any atom is 0.271 e. The molecule has 0 bridgehead atoms. The van der Waals surface area contributed by atoms with Gasteiger partial charge in [-0.2, -0.15) is 0 Å². The number of ether oxygens (including phenoxy) is 1. The average Bonchev–Trinajstić information content (AvgIpc) is 2.65. The molecule has 0 saturated carbocycles. The Morgan fingerprint density at radius 2 is 1.89 bits per heavy atom. The first-order valence-electron chi connectivity index (χ1n) is 6.13. The van der Waals surface area contributed by atoms with Crippen molar-refractivity contribution < 1.29 is 4.74 Å². The highest BCUT2D eigenvalue weighted by Gasteiger charge is 2.15. The highest BCUT2D eigenvalue weighted by atomic mass is 16.5. The molecule has 0 saturated heterocycles. The van der Waals surface area contributed by atoms with Crippen LogP contribution in [-0.2, 0) is 13.6 Å². The number of hydrogen-bond acceptors (Lipinski definition) is 3. The Morgan fingerprint density at radius 1 is 1.32 bits per heavy atom. The van der Waals surface area contributed by atoms with Crippen LogP contribution in [0.15, 0.2) is 16.9 Å². The Morgan fingerprint density at radius 3 is 2.37 bits per heavy atom. The van der Waals surface area contributed by atoms with Gasteiger partial charge in [0.1, 0.15) is 5.75 Å². The van der Waals surface area contributed by atoms with Crippen LogP contribution in [0.4, 0.5) is 0 Å². The number of nitrogens with two attached hydrogens (primary N) is 1. The van der Waals surface area contributed by atoms with E-state index in [4.69, 9.17) is 10.5 Å². The maximum atomic E-state index is 11.9. The van der Waals surface area contributed by atoms with Gasteiger partial charge in [-0.05, 0) is 37.1 Å². The number of nitrogens with zero attached hydrogens (tertiary/aromatic N) is 1. The summed E-state index contributed by atoms with van der Waals surface area (Å²) in [6, 6.07) is 3.99. The molecule has 0 aliphatic rings. The number of hydrogen-bond donors (Lipinski definition) is 2. The Kier molecular flexibility index (Phi) is 3.48. The molecule has 5 nitrogen and oxygen atoms in total. The van der Waals surface area contributed by atoms with Gasteiger partial charge in [0, 0.05) is 19.2 Å². The smallest absolute Gasteiger partial charge is 0.271 e. The first-order chi connectivity index (χ1) is 8.99. The Balaban J connectivity index is 2.66. The summed E-state index contributed by atoms with van der Waals surface area (Å²) in [5.74, 6) is 0.872. The molecule has 1 aromatic carbocycles. The van der Waals surface area contributed by atoms with Crippen molar-refractivity contribution in [1.82, 2.24) is 9.78 Å². The van der Waals surface area contributed by atoms with Gasteiger partial charge in [0.25, 0.3) is 5.56 Å². The Bertz CT molecular complexity index is 645. The fourth-order valence-electron chi connectivity index (χ4n) is 2.44. The van der Waals surface area contributed by atoms with Crippen LogP contribution < -0.4 is 16.0 Å². The first kappa shape index (κ1) is 13.4. The summed E-state index contributed by atoms with van der Waals surface area (Å²) in [5, 5.41) is 3.06. The molecule has 0 aliphatic carbocycles. The zero-order valence-electron chi connectivity index (χ0n) is 11.7. The summed E-state index contributed by atoms with van der Waals surface area (Å²) in [5.41, 5.74) is 10.00. The molecule has 0 unspecified atom stereocenters. The number of aromatic nitrogens is 2. The van der Waals surface area contributed by atoms with Crippen molar-refractivity contribution in [2.45, 2.75) is 20.4 Å². The average molecular weight is 261 g/mol. The molecule has 2 aromatic rings. The second-order valence-corrected chi connectivity index (χ2v) is 4.68. The number of nitrogens with one attached hydrogen (secondary N) is 1. The number of benzene rings is 1. The van der Waals surface area contributed by atoms with Crippen molar-refractivity contribution in [2.24, 2.45) is 12.8 Å². The van der Waals surface area contributed by atoms with Gasteiger partial charge in [0.05, 0.1) is 18.4 Å². The third kappa shape index (κ3) is 2.17. The van der Waals surface area contributed by atoms with Gasteiger partial charge in [-0.3, -0.25) is 14.6 Å². The quantitative estimate of drug-likeness (QED) is 0.878. The van der Waals surface area contributed by atoms with Crippen LogP contribution in [0.2, 0.25) is 0 Å². The fraction of sp³-hybridized carbons (Fsp3) is 0.357. The lowest BCUT2D eigenvalue weighted by Crippen LogP contribution is -2.17. The van der Waals surface area contributed by atoms with E-state index in [-0.39, 0.29) is 12.1 Å². The van der Waals surface area contributed by atoms with Crippen molar-refractivity contribution in [2.75, 3.05) is 7.11 Å². The second-order valence-electron chi connectivity index (χ2n) is 4.68. The number of H-pyrrole nitrogens is 1. The molecule has 5 heteroatoms. The van der Waals surface area contributed by atoms with Crippen LogP contribution in [0.25, 0.3) is 11.3 Å². The fourth-order valence-corrected chi connectivity index (χ4v) is 2.44. The molecule has 1 heterocycles. The number of methoxy groups -OCH3 is 1. The topological polar surface area (TPSA) is 73.0 Å². The van der Waals surface area contributed by atoms with Crippen molar-refractivity contribution in [3.63, 3.8) is 0 Å². The second kappa shape index (κ2) is 4.93. The minimum Gasteiger partial charge on any atom is -0.496 e. The first-order valence-corrected chi connectivity index (χ1v) is 6.13. The van der Waals surface area contributed by atoms with E-state index in [1.165, 1.54) is 4.68 Å². The van der Waals surface area contributed by atoms with Crippen molar-refractivity contribution in [1.29, 1.82) is 0 Å². The van der Waals surface area contributed by atoms with Crippen LogP contribution in [0.3, 0.4) is 0 Å². The molecular formula is C14H19N3O2. The lowest BCUT2D eigenvalue weighted by molar-refractivity contribution is 0.408. The van der Waals surface area contributed by atoms with Gasteiger partial charge < -0.3 is 10.5 Å². The highest BCUT2D eigenvalue weighted by molar-refractivity contribution is 5.66. The number of aryl methyl sites for hydroxylation is 3. The van der Waals surface area contributed by atoms with Gasteiger partial charge in [0.2, 0.25) is 0 Å². The van der Waals surface area contributed by atoms with Gasteiger partial charge in [-0.25, -0.2) is 0 Å². The lowest BCUT2D eigenvalue weighted by atomic mass is 10.0. The molecule has 0 atom stereocenters. The number of aromatic amines is 1. The van der Waals surface area contributed by atoms with E-state index in [1.54, 1.807) is 14.2 Å². The predicted molar refractivity (Wildman–Crippen MR) is 75.4 cm³/mol. The lowest BCUT2D eigenvalue weighted by Gasteiger charge is -2.11. The van der Waals surface area contributed by atoms with E-state index in [0.29, 0.717) is 5.56 Å². The monoisotopic (exact) mass is 261 g/mol. The summed E-state index contributed by atoms with van der Waals surface area (Å²) < 4.78 is 6.80. The van der Waals surface area contributed by atoms with Gasteiger partial charge >= 0.3 is 0 Å². The normalized spacial score (nSPS) is 10.8. The van der Waals surface area contributed by atoms with E-state index in [1.807, 2.05) is 26.0 Å². The van der Waals surface area contributed by atoms with E-state index in [2.05, 4.69) is 5.10 Å². The maximum absolute atomic E-state index is 11.9. The van der Waals surface area contributed by atoms with E-state index < -0.39 is 0 Å². The molecule has 3 N–H and O–H groups in total. The van der Waals surface area contributed by atoms with E-state index >= 15 is 0 Å². The molecular weight excluding hydrogens is 242 g/mol. The van der Waals surface area contributed by atoms with Crippen LogP contribution in [0.1, 0.15) is 16.7 Å². The number of rotatable bonds is 3. The van der Waals surface area contributed by atoms with Crippen LogP contribution >= 0.6 is 0 Å². The van der Waals surface area contributed by atoms with Crippen LogP contribution in [0, 0.1) is 13.8 Å². The van der Waals surface area contributed by atoms with E-state index in [9.17, 15) is 4.79 Å². The Labute approximate surface area is 112 Å². The van der Waals surface area contributed by atoms with E-state index in [0.717, 1.165) is 28.1 Å². The standard InChI is InChI=1S/C14H19N3O2/c1-8-5-10(6-9(2)13(8)19-4)12-11(7-15)14(18)17(3)16-12/h5-6,16H,7,15H2,1-4H3. The predicted octanol–water partition coefficient (Wildman–Crippen LogP) is 1.46. The molecule has 102 valence electrons. The summed E-state index contributed by atoms with van der Waals surface area (Å²) in [7, 11) is 3.35. The third-order valence-corrected chi connectivity index (χ3v) is 3.30. The molecule has 2 rings (SSSR count). The SMILES string of the molecule is COc1c(C)cc(-c2[nH]n(C)c(=O)c2CN)cc1C. The summed E-state index contributed by atoms with van der Waals surface area (Å²) >= 11 is 0. The molecule has 0 amide bonds. The van der Waals surface area contributed by atoms with Gasteiger partial charge in [-0.15, -0.1) is 0 Å². The van der Waals surface area contributed by atoms with Crippen LogP contribution in [0.5, 0.6) is 5.75 Å². The third-order valence-electron chi connectivity index (χ3n) is 3.30. The summed E-state index contributed by atoms with van der Waals surface area (Å²) in [6.45, 7) is 4.19. The summed E-state index contributed by atoms with van der Waals surface area (Å²) in [4.78, 5) is 11.9. The van der Waals surface area contributed by atoms with Crippen molar-refractivity contribution in [3.05, 3.63) is 39.2 Å². The zero-order valence-corrected chi connectivity index (χ0v) is 11.7. The summed E-state index contributed by atoms with van der Waals surface area (Å²) in [6.07, 6.45) is 0. The zero-order chi connectivity index (χ0) is 14.2. The molecule has 0 radical (unpaired) electrons. The largest absolute Gasteiger partial charge is 0.496 e. The molecule has 0 spiro atoms. The van der Waals surface area contributed by atoms with Crippen molar-refractivity contribution in [3.8, 4) is 17.0 Å². The molecule has 0 aliphatic heterocycles. The highest BCUT2D eigenvalue weighted by Crippen LogP contribution is 2.29.